The molecule has 1 unspecified atom stereocenters. The van der Waals surface area contributed by atoms with Gasteiger partial charge in [-0.2, -0.15) is 0 Å². The monoisotopic (exact) mass is 397 g/mol. The third-order valence-electron chi connectivity index (χ3n) is 4.67. The molecule has 8 nitrogen and oxygen atoms in total. The molecule has 0 bridgehead atoms. The summed E-state index contributed by atoms with van der Waals surface area (Å²) in [5.74, 6) is 0.582. The number of nitro benzene ring substituents is 1. The van der Waals surface area contributed by atoms with Gasteiger partial charge in [0.2, 0.25) is 0 Å². The lowest BCUT2D eigenvalue weighted by molar-refractivity contribution is -0.384. The second-order valence-corrected chi connectivity index (χ2v) is 8.26. The smallest absolute Gasteiger partial charge is 0.410 e. The summed E-state index contributed by atoms with van der Waals surface area (Å²) >= 11 is 6.00. The van der Waals surface area contributed by atoms with Crippen molar-refractivity contribution in [2.24, 2.45) is 0 Å². The summed E-state index contributed by atoms with van der Waals surface area (Å²) < 4.78 is 11.3. The minimum Gasteiger partial charge on any atom is -0.493 e. The molecule has 0 aliphatic carbocycles. The predicted molar refractivity (Wildman–Crippen MR) is 100 cm³/mol. The average Bonchev–Trinajstić information content (AvgIpc) is 2.54. The second kappa shape index (κ2) is 7.52. The molecule has 0 aromatic heterocycles. The highest BCUT2D eigenvalue weighted by molar-refractivity contribution is 6.32. The van der Waals surface area contributed by atoms with Gasteiger partial charge in [-0.25, -0.2) is 4.79 Å². The first-order valence-corrected chi connectivity index (χ1v) is 9.33. The van der Waals surface area contributed by atoms with Gasteiger partial charge in [0.25, 0.3) is 5.69 Å². The maximum atomic E-state index is 12.4. The van der Waals surface area contributed by atoms with Gasteiger partial charge in [-0.3, -0.25) is 15.0 Å². The Kier molecular flexibility index (Phi) is 5.48. The summed E-state index contributed by atoms with van der Waals surface area (Å²) in [6.07, 6.45) is 0.431. The van der Waals surface area contributed by atoms with Crippen molar-refractivity contribution in [1.29, 1.82) is 0 Å². The molecule has 2 heterocycles. The number of ether oxygens (including phenoxy) is 2. The fourth-order valence-electron chi connectivity index (χ4n) is 3.38. The van der Waals surface area contributed by atoms with Crippen LogP contribution in [0.5, 0.6) is 5.75 Å². The van der Waals surface area contributed by atoms with Gasteiger partial charge in [-0.05, 0) is 27.2 Å². The fourth-order valence-corrected chi connectivity index (χ4v) is 3.60. The summed E-state index contributed by atoms with van der Waals surface area (Å²) in [5, 5.41) is 11.3. The third-order valence-corrected chi connectivity index (χ3v) is 4.97. The van der Waals surface area contributed by atoms with E-state index in [-0.39, 0.29) is 22.8 Å². The zero-order valence-corrected chi connectivity index (χ0v) is 16.5. The molecule has 1 aromatic rings. The predicted octanol–water partition coefficient (Wildman–Crippen LogP) is 3.45. The van der Waals surface area contributed by atoms with E-state index in [0.29, 0.717) is 38.5 Å². The third kappa shape index (κ3) is 4.62. The number of carbonyl (C=O) groups excluding carboxylic acids is 1. The topological polar surface area (TPSA) is 85.2 Å². The largest absolute Gasteiger partial charge is 0.493 e. The molecule has 1 atom stereocenters. The van der Waals surface area contributed by atoms with Crippen LogP contribution < -0.4 is 4.74 Å². The van der Waals surface area contributed by atoms with Crippen LogP contribution in [0, 0.1) is 10.1 Å². The number of hydrogen-bond acceptors (Lipinski definition) is 6. The van der Waals surface area contributed by atoms with Crippen molar-refractivity contribution in [3.63, 3.8) is 0 Å². The van der Waals surface area contributed by atoms with Gasteiger partial charge in [0.05, 0.1) is 11.5 Å². The van der Waals surface area contributed by atoms with Crippen LogP contribution in [0.15, 0.2) is 12.1 Å². The molecule has 1 saturated heterocycles. The van der Waals surface area contributed by atoms with Crippen LogP contribution in [-0.2, 0) is 11.3 Å². The van der Waals surface area contributed by atoms with Crippen molar-refractivity contribution in [2.75, 3.05) is 26.2 Å². The van der Waals surface area contributed by atoms with E-state index < -0.39 is 10.5 Å². The van der Waals surface area contributed by atoms with Gasteiger partial charge in [-0.1, -0.05) is 11.6 Å². The molecule has 0 spiro atoms. The minimum atomic E-state index is -0.532. The first-order chi connectivity index (χ1) is 12.6. The summed E-state index contributed by atoms with van der Waals surface area (Å²) in [6.45, 7) is 8.27. The van der Waals surface area contributed by atoms with Crippen LogP contribution in [0.4, 0.5) is 10.5 Å². The first kappa shape index (κ1) is 19.7. The SMILES string of the molecule is CC(C)(C)OC(=O)N1CCN2Cc3cc([N+](=O)[O-])c(Cl)cc3OCCC2C1. The Morgan fingerprint density at radius 3 is 2.78 bits per heavy atom. The van der Waals surface area contributed by atoms with Crippen LogP contribution in [0.1, 0.15) is 32.8 Å². The molecule has 1 fully saturated rings. The number of carbonyl (C=O) groups is 1. The molecule has 9 heteroatoms. The lowest BCUT2D eigenvalue weighted by Crippen LogP contribution is -2.55. The Balaban J connectivity index is 1.76. The number of amides is 1. The molecule has 1 amide bonds. The quantitative estimate of drug-likeness (QED) is 0.533. The molecule has 0 radical (unpaired) electrons. The first-order valence-electron chi connectivity index (χ1n) is 8.95. The van der Waals surface area contributed by atoms with Gasteiger partial charge in [0, 0.05) is 49.9 Å². The molecule has 27 heavy (non-hydrogen) atoms. The normalized spacial score (nSPS) is 20.6. The van der Waals surface area contributed by atoms with Crippen LogP contribution >= 0.6 is 11.6 Å². The maximum Gasteiger partial charge on any atom is 0.410 e. The van der Waals surface area contributed by atoms with Gasteiger partial charge in [0.15, 0.2) is 0 Å². The highest BCUT2D eigenvalue weighted by Crippen LogP contribution is 2.35. The number of rotatable bonds is 1. The molecule has 0 N–H and O–H groups in total. The van der Waals surface area contributed by atoms with Crippen LogP contribution in [0.3, 0.4) is 0 Å². The zero-order valence-electron chi connectivity index (χ0n) is 15.7. The number of fused-ring (bicyclic) bond motifs is 2. The number of nitro groups is 1. The van der Waals surface area contributed by atoms with E-state index in [2.05, 4.69) is 4.90 Å². The number of nitrogens with zero attached hydrogens (tertiary/aromatic N) is 3. The molecular formula is C18H24ClN3O5. The van der Waals surface area contributed by atoms with E-state index in [1.807, 2.05) is 20.8 Å². The zero-order chi connectivity index (χ0) is 19.8. The minimum absolute atomic E-state index is 0.0746. The Morgan fingerprint density at radius 1 is 1.37 bits per heavy atom. The standard InChI is InChI=1S/C18H24ClN3O5/c1-18(2,3)27-17(23)21-6-5-20-10-12-8-15(22(24)25)14(19)9-16(12)26-7-4-13(20)11-21/h8-9,13H,4-7,10-11H2,1-3H3. The van der Waals surface area contributed by atoms with Crippen LogP contribution in [-0.4, -0.2) is 58.7 Å². The maximum absolute atomic E-state index is 12.4. The number of halogens is 1. The van der Waals surface area contributed by atoms with E-state index in [4.69, 9.17) is 21.1 Å². The Hall–Kier alpha value is -2.06. The van der Waals surface area contributed by atoms with Crippen LogP contribution in [0.2, 0.25) is 5.02 Å². The van der Waals surface area contributed by atoms with Crippen molar-refractivity contribution >= 4 is 23.4 Å². The molecule has 3 rings (SSSR count). The Labute approximate surface area is 163 Å². The molecule has 148 valence electrons. The van der Waals surface area contributed by atoms with E-state index in [0.717, 1.165) is 12.0 Å². The molecule has 2 aliphatic rings. The van der Waals surface area contributed by atoms with Gasteiger partial charge >= 0.3 is 6.09 Å². The number of piperazine rings is 1. The Bertz CT molecular complexity index is 749. The van der Waals surface area contributed by atoms with E-state index in [1.165, 1.54) is 12.1 Å². The van der Waals surface area contributed by atoms with Gasteiger partial charge in [0.1, 0.15) is 16.4 Å². The van der Waals surface area contributed by atoms with E-state index in [9.17, 15) is 14.9 Å². The molecular weight excluding hydrogens is 374 g/mol. The van der Waals surface area contributed by atoms with Gasteiger partial charge < -0.3 is 14.4 Å². The highest BCUT2D eigenvalue weighted by Gasteiger charge is 2.33. The lowest BCUT2D eigenvalue weighted by Gasteiger charge is -2.42. The van der Waals surface area contributed by atoms with E-state index in [1.54, 1.807) is 4.90 Å². The highest BCUT2D eigenvalue weighted by atomic mass is 35.5. The lowest BCUT2D eigenvalue weighted by atomic mass is 10.0. The van der Waals surface area contributed by atoms with Crippen molar-refractivity contribution in [3.05, 3.63) is 32.8 Å². The summed E-state index contributed by atoms with van der Waals surface area (Å²) in [4.78, 5) is 27.0. The van der Waals surface area contributed by atoms with Crippen molar-refractivity contribution < 1.29 is 19.2 Å². The fraction of sp³-hybridized carbons (Fsp3) is 0.611. The molecule has 0 saturated carbocycles. The van der Waals surface area contributed by atoms with Crippen molar-refractivity contribution in [1.82, 2.24) is 9.80 Å². The number of hydrogen-bond donors (Lipinski definition) is 0. The average molecular weight is 398 g/mol. The number of benzene rings is 1. The summed E-state index contributed by atoms with van der Waals surface area (Å²) in [5.41, 5.74) is 0.0835. The molecule has 1 aromatic carbocycles. The second-order valence-electron chi connectivity index (χ2n) is 7.86. The Morgan fingerprint density at radius 2 is 2.11 bits per heavy atom. The van der Waals surface area contributed by atoms with Crippen molar-refractivity contribution in [2.45, 2.75) is 45.4 Å². The summed E-state index contributed by atoms with van der Waals surface area (Å²) in [7, 11) is 0. The van der Waals surface area contributed by atoms with Crippen molar-refractivity contribution in [3.8, 4) is 5.75 Å². The molecule has 2 aliphatic heterocycles. The van der Waals surface area contributed by atoms with E-state index >= 15 is 0 Å². The van der Waals surface area contributed by atoms with Crippen LogP contribution in [0.25, 0.3) is 0 Å². The van der Waals surface area contributed by atoms with Gasteiger partial charge in [-0.15, -0.1) is 0 Å². The summed E-state index contributed by atoms with van der Waals surface area (Å²) in [6, 6.07) is 3.11.